The van der Waals surface area contributed by atoms with Crippen molar-refractivity contribution in [2.24, 2.45) is 11.8 Å². The zero-order valence-electron chi connectivity index (χ0n) is 7.42. The van der Waals surface area contributed by atoms with Crippen molar-refractivity contribution in [1.29, 1.82) is 0 Å². The zero-order valence-corrected chi connectivity index (χ0v) is 9.13. The van der Waals surface area contributed by atoms with Gasteiger partial charge in [0.25, 0.3) is 0 Å². The standard InChI is InChI=1S/C9H17PS/c1-10(2,11)9-6-7-3-4-8(9)5-7/h7-9H,3-6H2,1-2H3/t7-,8+,9-/m0/s1. The summed E-state index contributed by atoms with van der Waals surface area (Å²) in [7, 11) is 0. The summed E-state index contributed by atoms with van der Waals surface area (Å²) < 4.78 is 0. The van der Waals surface area contributed by atoms with Gasteiger partial charge in [-0.15, -0.1) is 0 Å². The van der Waals surface area contributed by atoms with Crippen molar-refractivity contribution in [1.82, 2.24) is 0 Å². The Bertz CT molecular complexity index is 206. The number of rotatable bonds is 1. The molecule has 0 amide bonds. The molecule has 2 fully saturated rings. The molecule has 11 heavy (non-hydrogen) atoms. The molecular weight excluding hydrogens is 171 g/mol. The molecule has 0 spiro atoms. The van der Waals surface area contributed by atoms with Crippen molar-refractivity contribution < 1.29 is 0 Å². The minimum atomic E-state index is -0.922. The maximum atomic E-state index is 5.62. The first-order chi connectivity index (χ1) is 5.07. The predicted octanol–water partition coefficient (Wildman–Crippen LogP) is 2.91. The van der Waals surface area contributed by atoms with Gasteiger partial charge in [-0.05, 0) is 56.1 Å². The molecule has 0 N–H and O–H groups in total. The van der Waals surface area contributed by atoms with Crippen molar-refractivity contribution in [3.05, 3.63) is 0 Å². The first-order valence-corrected chi connectivity index (χ1v) is 8.38. The van der Waals surface area contributed by atoms with Crippen LogP contribution in [-0.2, 0) is 11.8 Å². The molecule has 3 atom stereocenters. The highest BCUT2D eigenvalue weighted by molar-refractivity contribution is 8.14. The molecule has 0 heterocycles. The third-order valence-corrected chi connectivity index (χ3v) is 6.54. The lowest BCUT2D eigenvalue weighted by molar-refractivity contribution is 0.488. The van der Waals surface area contributed by atoms with Crippen LogP contribution in [0.3, 0.4) is 0 Å². The van der Waals surface area contributed by atoms with Gasteiger partial charge in [0.2, 0.25) is 0 Å². The lowest BCUT2D eigenvalue weighted by atomic mass is 10.0. The first kappa shape index (κ1) is 8.26. The quantitative estimate of drug-likeness (QED) is 0.570. The first-order valence-electron chi connectivity index (χ1n) is 4.62. The van der Waals surface area contributed by atoms with Crippen LogP contribution in [0.4, 0.5) is 0 Å². The van der Waals surface area contributed by atoms with E-state index in [4.69, 9.17) is 11.8 Å². The summed E-state index contributed by atoms with van der Waals surface area (Å²) >= 11 is 5.62. The van der Waals surface area contributed by atoms with Gasteiger partial charge >= 0.3 is 0 Å². The molecule has 2 aliphatic rings. The number of hydrogen-bond donors (Lipinski definition) is 0. The summed E-state index contributed by atoms with van der Waals surface area (Å²) in [6.07, 6.45) is 6.01. The monoisotopic (exact) mass is 188 g/mol. The van der Waals surface area contributed by atoms with Crippen LogP contribution < -0.4 is 0 Å². The van der Waals surface area contributed by atoms with E-state index >= 15 is 0 Å². The van der Waals surface area contributed by atoms with Crippen LogP contribution in [0.2, 0.25) is 0 Å². The molecule has 0 unspecified atom stereocenters. The van der Waals surface area contributed by atoms with E-state index in [1.54, 1.807) is 0 Å². The molecule has 2 bridgehead atoms. The summed E-state index contributed by atoms with van der Waals surface area (Å²) in [6.45, 7) is 4.68. The van der Waals surface area contributed by atoms with Gasteiger partial charge in [0, 0.05) is 0 Å². The van der Waals surface area contributed by atoms with Gasteiger partial charge in [-0.1, -0.05) is 18.2 Å². The van der Waals surface area contributed by atoms with Crippen LogP contribution >= 0.6 is 6.04 Å². The average molecular weight is 188 g/mol. The largest absolute Gasteiger partial charge is 0.0978 e. The van der Waals surface area contributed by atoms with Gasteiger partial charge in [-0.3, -0.25) is 0 Å². The molecule has 0 aromatic carbocycles. The van der Waals surface area contributed by atoms with E-state index in [2.05, 4.69) is 13.3 Å². The Balaban J connectivity index is 2.14. The summed E-state index contributed by atoms with van der Waals surface area (Å²) in [5.74, 6) is 2.12. The normalized spacial score (nSPS) is 43.3. The third kappa shape index (κ3) is 1.42. The maximum absolute atomic E-state index is 5.62. The van der Waals surface area contributed by atoms with Crippen molar-refractivity contribution in [2.45, 2.75) is 31.3 Å². The molecule has 2 aliphatic carbocycles. The van der Waals surface area contributed by atoms with Crippen LogP contribution in [0.1, 0.15) is 25.7 Å². The lowest BCUT2D eigenvalue weighted by Crippen LogP contribution is -2.15. The van der Waals surface area contributed by atoms with E-state index in [1.807, 2.05) is 0 Å². The van der Waals surface area contributed by atoms with E-state index in [9.17, 15) is 0 Å². The number of fused-ring (bicyclic) bond motifs is 2. The Morgan fingerprint density at radius 2 is 1.91 bits per heavy atom. The predicted molar refractivity (Wildman–Crippen MR) is 55.4 cm³/mol. The molecular formula is C9H17PS. The molecule has 0 saturated heterocycles. The van der Waals surface area contributed by atoms with E-state index in [-0.39, 0.29) is 0 Å². The SMILES string of the molecule is CP(C)(=S)[C@H]1C[C@H]2CC[C@@H]1C2. The van der Waals surface area contributed by atoms with Crippen molar-refractivity contribution in [3.63, 3.8) is 0 Å². The molecule has 0 radical (unpaired) electrons. The maximum Gasteiger partial charge on any atom is -0.00922 e. The second kappa shape index (κ2) is 2.57. The molecule has 64 valence electrons. The zero-order chi connectivity index (χ0) is 8.06. The summed E-state index contributed by atoms with van der Waals surface area (Å²) in [6, 6.07) is -0.922. The van der Waals surface area contributed by atoms with E-state index in [0.29, 0.717) is 0 Å². The van der Waals surface area contributed by atoms with E-state index in [0.717, 1.165) is 17.5 Å². The Labute approximate surface area is 74.8 Å². The Morgan fingerprint density at radius 1 is 1.18 bits per heavy atom. The minimum Gasteiger partial charge on any atom is -0.0978 e. The molecule has 2 saturated carbocycles. The fourth-order valence-corrected chi connectivity index (χ4v) is 5.84. The van der Waals surface area contributed by atoms with Crippen LogP contribution in [0.15, 0.2) is 0 Å². The highest BCUT2D eigenvalue weighted by Crippen LogP contribution is 2.59. The van der Waals surface area contributed by atoms with E-state index < -0.39 is 6.04 Å². The van der Waals surface area contributed by atoms with Gasteiger partial charge < -0.3 is 0 Å². The van der Waals surface area contributed by atoms with Crippen LogP contribution in [0.25, 0.3) is 0 Å². The number of hydrogen-bond acceptors (Lipinski definition) is 1. The lowest BCUT2D eigenvalue weighted by Gasteiger charge is -2.28. The highest BCUT2D eigenvalue weighted by atomic mass is 32.4. The second-order valence-electron chi connectivity index (χ2n) is 4.68. The molecule has 0 nitrogen and oxygen atoms in total. The Morgan fingerprint density at radius 3 is 2.18 bits per heavy atom. The van der Waals surface area contributed by atoms with Gasteiger partial charge in [-0.2, -0.15) is 0 Å². The van der Waals surface area contributed by atoms with Gasteiger partial charge in [-0.25, -0.2) is 0 Å². The third-order valence-electron chi connectivity index (χ3n) is 3.50. The highest BCUT2D eigenvalue weighted by Gasteiger charge is 2.42. The van der Waals surface area contributed by atoms with Crippen LogP contribution in [0, 0.1) is 11.8 Å². The average Bonchev–Trinajstić information content (AvgIpc) is 2.42. The minimum absolute atomic E-state index is 0.922. The van der Waals surface area contributed by atoms with Crippen LogP contribution in [-0.4, -0.2) is 19.0 Å². The fourth-order valence-electron chi connectivity index (χ4n) is 2.97. The fraction of sp³-hybridized carbons (Fsp3) is 1.00. The second-order valence-corrected chi connectivity index (χ2v) is 11.0. The van der Waals surface area contributed by atoms with Gasteiger partial charge in [0.1, 0.15) is 0 Å². The van der Waals surface area contributed by atoms with Crippen molar-refractivity contribution >= 4 is 17.8 Å². The molecule has 2 rings (SSSR count). The smallest absolute Gasteiger partial charge is 0.00922 e. The summed E-state index contributed by atoms with van der Waals surface area (Å²) in [5, 5.41) is 0. The molecule has 0 aromatic heterocycles. The Hall–Kier alpha value is 0.650. The van der Waals surface area contributed by atoms with E-state index in [1.165, 1.54) is 25.7 Å². The topological polar surface area (TPSA) is 0 Å². The molecule has 0 aliphatic heterocycles. The van der Waals surface area contributed by atoms with Gasteiger partial charge in [0.05, 0.1) is 0 Å². The Kier molecular flexibility index (Phi) is 1.93. The molecule has 2 heteroatoms. The van der Waals surface area contributed by atoms with Crippen LogP contribution in [0.5, 0.6) is 0 Å². The van der Waals surface area contributed by atoms with Crippen molar-refractivity contribution in [2.75, 3.05) is 13.3 Å². The van der Waals surface area contributed by atoms with Crippen molar-refractivity contribution in [3.8, 4) is 0 Å². The molecule has 0 aromatic rings. The summed E-state index contributed by atoms with van der Waals surface area (Å²) in [5.41, 5.74) is 0.969. The summed E-state index contributed by atoms with van der Waals surface area (Å²) in [4.78, 5) is 0. The van der Waals surface area contributed by atoms with Gasteiger partial charge in [0.15, 0.2) is 0 Å².